The topological polar surface area (TPSA) is 43.9 Å². The molecule has 2 N–H and O–H groups in total. The van der Waals surface area contributed by atoms with E-state index in [0.717, 1.165) is 0 Å². The first-order valence-electron chi connectivity index (χ1n) is 2.80. The Morgan fingerprint density at radius 3 is 2.57 bits per heavy atom. The zero-order valence-corrected chi connectivity index (χ0v) is 11.4. The summed E-state index contributed by atoms with van der Waals surface area (Å²) in [4.78, 5) is 3.40. The molecule has 70 valence electrons. The third kappa shape index (κ3) is 3.93. The van der Waals surface area contributed by atoms with Crippen LogP contribution in [0.1, 0.15) is 0 Å². The van der Waals surface area contributed by atoms with Gasteiger partial charge in [-0.05, 0) is 28.0 Å². The molecule has 0 aromatic heterocycles. The summed E-state index contributed by atoms with van der Waals surface area (Å²) in [6.07, 6.45) is 0. The van der Waals surface area contributed by atoms with E-state index in [1.807, 2.05) is 5.16 Å². The summed E-state index contributed by atoms with van der Waals surface area (Å²) in [5.41, 5.74) is -0.0839. The van der Waals surface area contributed by atoms with Gasteiger partial charge in [0, 0.05) is 0 Å². The molecule has 2 nitrogen and oxygen atoms in total. The van der Waals surface area contributed by atoms with Crippen molar-refractivity contribution in [3.05, 3.63) is 28.0 Å². The van der Waals surface area contributed by atoms with Gasteiger partial charge in [-0.3, -0.25) is 4.39 Å². The Morgan fingerprint density at radius 1 is 1.50 bits per heavy atom. The van der Waals surface area contributed by atoms with E-state index in [1.54, 1.807) is 0 Å². The standard InChI is InChI=1S/C7HCl2FNS.Na.H2O/c8-4-1-2-5(11-3-12)7(10)6(4)9;;/h1H;;1H2/q-1;+1;. The summed E-state index contributed by atoms with van der Waals surface area (Å²) in [5.74, 6) is -0.735. The van der Waals surface area contributed by atoms with Crippen LogP contribution in [0.4, 0.5) is 10.1 Å². The van der Waals surface area contributed by atoms with E-state index in [-0.39, 0.29) is 50.8 Å². The fourth-order valence-corrected chi connectivity index (χ4v) is 0.967. The van der Waals surface area contributed by atoms with Crippen molar-refractivity contribution in [2.75, 3.05) is 0 Å². The normalized spacial score (nSPS) is 7.93. The van der Waals surface area contributed by atoms with Crippen LogP contribution in [0.5, 0.6) is 0 Å². The van der Waals surface area contributed by atoms with Gasteiger partial charge in [0.2, 0.25) is 0 Å². The quantitative estimate of drug-likeness (QED) is 0.228. The van der Waals surface area contributed by atoms with Crippen molar-refractivity contribution in [3.63, 3.8) is 0 Å². The number of aliphatic imine (C=N–C) groups is 1. The van der Waals surface area contributed by atoms with Gasteiger partial charge in [0.15, 0.2) is 0 Å². The molecule has 0 saturated heterocycles. The van der Waals surface area contributed by atoms with Crippen molar-refractivity contribution in [2.24, 2.45) is 4.99 Å². The maximum Gasteiger partial charge on any atom is 1.00 e. The predicted molar refractivity (Wildman–Crippen MR) is 53.6 cm³/mol. The molecule has 1 aromatic carbocycles. The third-order valence-electron chi connectivity index (χ3n) is 1.10. The van der Waals surface area contributed by atoms with Crippen LogP contribution >= 0.6 is 35.4 Å². The van der Waals surface area contributed by atoms with Gasteiger partial charge in [-0.2, -0.15) is 23.7 Å². The van der Waals surface area contributed by atoms with Gasteiger partial charge in [-0.1, -0.05) is 0 Å². The first-order chi connectivity index (χ1) is 5.66. The number of benzene rings is 1. The molecule has 0 amide bonds. The molecular formula is C7H3Cl2FNNaOS. The summed E-state index contributed by atoms with van der Waals surface area (Å²) >= 11 is 15.3. The molecule has 0 saturated carbocycles. The number of halogens is 3. The smallest absolute Gasteiger partial charge is 0.412 e. The minimum Gasteiger partial charge on any atom is -0.412 e. The Labute approximate surface area is 118 Å². The van der Waals surface area contributed by atoms with Gasteiger partial charge in [0.05, 0.1) is 11.0 Å². The first kappa shape index (κ1) is 16.9. The summed E-state index contributed by atoms with van der Waals surface area (Å²) in [6, 6.07) is 3.78. The van der Waals surface area contributed by atoms with E-state index in [0.29, 0.717) is 0 Å². The first-order valence-corrected chi connectivity index (χ1v) is 3.96. The molecule has 0 bridgehead atoms. The molecule has 0 aliphatic heterocycles. The van der Waals surface area contributed by atoms with Gasteiger partial charge in [0.25, 0.3) is 0 Å². The van der Waals surface area contributed by atoms with E-state index in [2.05, 4.69) is 23.3 Å². The van der Waals surface area contributed by atoms with Gasteiger partial charge in [-0.15, -0.1) is 11.6 Å². The van der Waals surface area contributed by atoms with Crippen LogP contribution in [0.3, 0.4) is 0 Å². The Hall–Kier alpha value is 0.490. The molecule has 1 aromatic rings. The summed E-state index contributed by atoms with van der Waals surface area (Å²) in [6.45, 7) is 0. The molecule has 0 unspecified atom stereocenters. The fraction of sp³-hybridized carbons (Fsp3) is 0. The maximum absolute atomic E-state index is 13.0. The van der Waals surface area contributed by atoms with Gasteiger partial charge in [0.1, 0.15) is 0 Å². The second kappa shape index (κ2) is 7.74. The van der Waals surface area contributed by atoms with Crippen LogP contribution in [-0.2, 0) is 0 Å². The number of hydrogen-bond donors (Lipinski definition) is 0. The Morgan fingerprint density at radius 2 is 2.07 bits per heavy atom. The predicted octanol–water partition coefficient (Wildman–Crippen LogP) is -0.154. The van der Waals surface area contributed by atoms with E-state index < -0.39 is 5.82 Å². The molecule has 14 heavy (non-hydrogen) atoms. The van der Waals surface area contributed by atoms with Crippen LogP contribution in [-0.4, -0.2) is 10.6 Å². The van der Waals surface area contributed by atoms with Crippen molar-refractivity contribution >= 4 is 46.3 Å². The zero-order valence-electron chi connectivity index (χ0n) is 7.07. The van der Waals surface area contributed by atoms with Gasteiger partial charge < -0.3 is 5.48 Å². The van der Waals surface area contributed by atoms with Crippen LogP contribution < -0.4 is 29.6 Å². The second-order valence-electron chi connectivity index (χ2n) is 1.82. The third-order valence-corrected chi connectivity index (χ3v) is 1.96. The van der Waals surface area contributed by atoms with Crippen molar-refractivity contribution in [1.82, 2.24) is 0 Å². The average molecular weight is 262 g/mol. The summed E-state index contributed by atoms with van der Waals surface area (Å²) < 4.78 is 13.0. The van der Waals surface area contributed by atoms with Crippen molar-refractivity contribution in [2.45, 2.75) is 0 Å². The molecular weight excluding hydrogens is 259 g/mol. The molecule has 0 heterocycles. The number of isothiocyanates is 1. The minimum atomic E-state index is -0.735. The number of thiocarbonyl (C=S) groups is 1. The average Bonchev–Trinajstić information content (AvgIpc) is 2.07. The van der Waals surface area contributed by atoms with Crippen LogP contribution in [0.2, 0.25) is 10.0 Å². The molecule has 0 spiro atoms. The van der Waals surface area contributed by atoms with Crippen molar-refractivity contribution < 1.29 is 39.4 Å². The summed E-state index contributed by atoms with van der Waals surface area (Å²) in [5, 5.41) is 1.92. The van der Waals surface area contributed by atoms with E-state index in [1.165, 1.54) is 6.07 Å². The molecule has 0 aliphatic rings. The second-order valence-corrected chi connectivity index (χ2v) is 2.78. The van der Waals surface area contributed by atoms with Gasteiger partial charge in [-0.25, -0.2) is 4.99 Å². The molecule has 0 fully saturated rings. The van der Waals surface area contributed by atoms with Crippen molar-refractivity contribution in [3.8, 4) is 0 Å². The number of hydrogen-bond acceptors (Lipinski definition) is 2. The van der Waals surface area contributed by atoms with E-state index >= 15 is 0 Å². The van der Waals surface area contributed by atoms with Crippen LogP contribution in [0.25, 0.3) is 0 Å². The van der Waals surface area contributed by atoms with Gasteiger partial charge >= 0.3 is 29.6 Å². The maximum atomic E-state index is 13.0. The van der Waals surface area contributed by atoms with E-state index in [9.17, 15) is 4.39 Å². The number of nitrogens with zero attached hydrogens (tertiary/aromatic N) is 1. The Kier molecular flexibility index (Phi) is 9.34. The Bertz CT molecular complexity index is 371. The summed E-state index contributed by atoms with van der Waals surface area (Å²) in [7, 11) is 0. The zero-order chi connectivity index (χ0) is 9.14. The monoisotopic (exact) mass is 261 g/mol. The molecule has 0 atom stereocenters. The fourth-order valence-electron chi connectivity index (χ4n) is 0.594. The SMILES string of the molecule is Fc1c(N=C=S)[c-]cc(Cl)c1Cl.O.[Na+]. The number of rotatable bonds is 1. The van der Waals surface area contributed by atoms with E-state index in [4.69, 9.17) is 23.2 Å². The largest absolute Gasteiger partial charge is 1.00 e. The molecule has 7 heteroatoms. The molecule has 0 aliphatic carbocycles. The Balaban J connectivity index is 0. The van der Waals surface area contributed by atoms with Crippen molar-refractivity contribution in [1.29, 1.82) is 0 Å². The van der Waals surface area contributed by atoms with Crippen LogP contribution in [0.15, 0.2) is 11.1 Å². The minimum absolute atomic E-state index is 0. The van der Waals surface area contributed by atoms with Crippen LogP contribution in [0, 0.1) is 11.9 Å². The molecule has 1 rings (SSSR count). The molecule has 0 radical (unpaired) electrons.